The Labute approximate surface area is 158 Å². The molecule has 132 valence electrons. The van der Waals surface area contributed by atoms with Crippen LogP contribution in [0.25, 0.3) is 0 Å². The minimum atomic E-state index is -0.221. The molecule has 26 heavy (non-hydrogen) atoms. The minimum Gasteiger partial charge on any atom is -0.380 e. The fourth-order valence-electron chi connectivity index (χ4n) is 2.51. The quantitative estimate of drug-likeness (QED) is 0.652. The molecule has 5 heteroatoms. The summed E-state index contributed by atoms with van der Waals surface area (Å²) < 4.78 is 0. The van der Waals surface area contributed by atoms with Gasteiger partial charge in [0.15, 0.2) is 0 Å². The van der Waals surface area contributed by atoms with Crippen LogP contribution >= 0.6 is 11.6 Å². The third-order valence-electron chi connectivity index (χ3n) is 4.13. The lowest BCUT2D eigenvalue weighted by molar-refractivity contribution is 0.102. The van der Waals surface area contributed by atoms with Gasteiger partial charge in [0.1, 0.15) is 0 Å². The maximum atomic E-state index is 12.5. The van der Waals surface area contributed by atoms with Crippen molar-refractivity contribution in [3.05, 3.63) is 88.2 Å². The number of carbonyl (C=O) groups excluding carboxylic acids is 1. The molecule has 2 N–H and O–H groups in total. The average molecular weight is 366 g/mol. The van der Waals surface area contributed by atoms with Gasteiger partial charge < -0.3 is 10.6 Å². The number of aromatic nitrogens is 1. The van der Waals surface area contributed by atoms with E-state index in [1.54, 1.807) is 24.5 Å². The number of nitrogens with one attached hydrogen (secondary N) is 2. The van der Waals surface area contributed by atoms with Gasteiger partial charge in [0.05, 0.1) is 11.3 Å². The van der Waals surface area contributed by atoms with Crippen LogP contribution in [0.15, 0.2) is 60.9 Å². The summed E-state index contributed by atoms with van der Waals surface area (Å²) in [5.74, 6) is -0.221. The zero-order valence-electron chi connectivity index (χ0n) is 14.7. The van der Waals surface area contributed by atoms with Crippen LogP contribution in [0.4, 0.5) is 11.4 Å². The molecular formula is C21H20ClN3O. The van der Waals surface area contributed by atoms with Gasteiger partial charge in [0.2, 0.25) is 0 Å². The summed E-state index contributed by atoms with van der Waals surface area (Å²) in [5.41, 5.74) is 5.20. The number of hydrogen-bond acceptors (Lipinski definition) is 3. The van der Waals surface area contributed by atoms with Crippen LogP contribution in [-0.2, 0) is 6.54 Å². The Morgan fingerprint density at radius 2 is 1.85 bits per heavy atom. The van der Waals surface area contributed by atoms with E-state index >= 15 is 0 Å². The predicted molar refractivity (Wildman–Crippen MR) is 107 cm³/mol. The Morgan fingerprint density at radius 1 is 1.08 bits per heavy atom. The molecule has 0 aliphatic heterocycles. The minimum absolute atomic E-state index is 0.221. The number of amides is 1. The van der Waals surface area contributed by atoms with Crippen LogP contribution in [0.5, 0.6) is 0 Å². The number of benzene rings is 2. The average Bonchev–Trinajstić information content (AvgIpc) is 2.65. The van der Waals surface area contributed by atoms with E-state index in [2.05, 4.69) is 46.8 Å². The topological polar surface area (TPSA) is 54.0 Å². The van der Waals surface area contributed by atoms with E-state index < -0.39 is 0 Å². The summed E-state index contributed by atoms with van der Waals surface area (Å²) in [6, 6.07) is 15.5. The summed E-state index contributed by atoms with van der Waals surface area (Å²) in [7, 11) is 0. The van der Waals surface area contributed by atoms with Gasteiger partial charge in [-0.1, -0.05) is 47.5 Å². The van der Waals surface area contributed by atoms with Crippen LogP contribution in [0.3, 0.4) is 0 Å². The number of nitrogens with zero attached hydrogens (tertiary/aromatic N) is 1. The molecule has 1 aromatic heterocycles. The van der Waals surface area contributed by atoms with Gasteiger partial charge in [-0.15, -0.1) is 0 Å². The predicted octanol–water partition coefficient (Wildman–Crippen LogP) is 5.22. The number of halogens is 1. The third-order valence-corrected chi connectivity index (χ3v) is 4.54. The fourth-order valence-corrected chi connectivity index (χ4v) is 2.68. The van der Waals surface area contributed by atoms with Crippen LogP contribution in [0.1, 0.15) is 27.0 Å². The molecule has 0 aliphatic rings. The largest absolute Gasteiger partial charge is 0.380 e. The van der Waals surface area contributed by atoms with Crippen molar-refractivity contribution in [2.75, 3.05) is 10.6 Å². The Bertz CT molecular complexity index is 923. The van der Waals surface area contributed by atoms with Crippen molar-refractivity contribution < 1.29 is 4.79 Å². The summed E-state index contributed by atoms with van der Waals surface area (Å²) in [4.78, 5) is 16.7. The molecule has 0 radical (unpaired) electrons. The second-order valence-corrected chi connectivity index (χ2v) is 6.58. The van der Waals surface area contributed by atoms with E-state index in [9.17, 15) is 4.79 Å². The number of carbonyl (C=O) groups is 1. The normalized spacial score (nSPS) is 10.4. The molecule has 0 saturated carbocycles. The SMILES string of the molecule is Cc1ccc(CNc2cncc(C(=O)Nc3cccc(Cl)c3C)c2)cc1. The summed E-state index contributed by atoms with van der Waals surface area (Å²) in [6.07, 6.45) is 3.25. The maximum Gasteiger partial charge on any atom is 0.257 e. The van der Waals surface area contributed by atoms with Crippen molar-refractivity contribution in [3.63, 3.8) is 0 Å². The lowest BCUT2D eigenvalue weighted by Gasteiger charge is -2.11. The van der Waals surface area contributed by atoms with E-state index in [1.165, 1.54) is 11.1 Å². The summed E-state index contributed by atoms with van der Waals surface area (Å²) in [5, 5.41) is 6.80. The van der Waals surface area contributed by atoms with Crippen LogP contribution in [-0.4, -0.2) is 10.9 Å². The Balaban J connectivity index is 1.69. The van der Waals surface area contributed by atoms with E-state index in [1.807, 2.05) is 19.1 Å². The molecule has 0 unspecified atom stereocenters. The first-order chi connectivity index (χ1) is 12.5. The van der Waals surface area contributed by atoms with Crippen LogP contribution < -0.4 is 10.6 Å². The highest BCUT2D eigenvalue weighted by atomic mass is 35.5. The first kappa shape index (κ1) is 18.0. The first-order valence-corrected chi connectivity index (χ1v) is 8.71. The molecular weight excluding hydrogens is 346 g/mol. The van der Waals surface area contributed by atoms with Crippen molar-refractivity contribution in [3.8, 4) is 0 Å². The molecule has 0 spiro atoms. The van der Waals surface area contributed by atoms with Gasteiger partial charge >= 0.3 is 0 Å². The van der Waals surface area contributed by atoms with Crippen molar-refractivity contribution in [2.45, 2.75) is 20.4 Å². The van der Waals surface area contributed by atoms with E-state index in [0.29, 0.717) is 22.8 Å². The van der Waals surface area contributed by atoms with Crippen molar-refractivity contribution in [1.29, 1.82) is 0 Å². The van der Waals surface area contributed by atoms with Gasteiger partial charge in [0.25, 0.3) is 5.91 Å². The standard InChI is InChI=1S/C21H20ClN3O/c1-14-6-8-16(9-7-14)11-24-18-10-17(12-23-13-18)21(26)25-20-5-3-4-19(22)15(20)2/h3-10,12-13,24H,11H2,1-2H3,(H,25,26). The van der Waals surface area contributed by atoms with Crippen molar-refractivity contribution in [2.24, 2.45) is 0 Å². The Hall–Kier alpha value is -2.85. The molecule has 1 amide bonds. The highest BCUT2D eigenvalue weighted by Crippen LogP contribution is 2.23. The Morgan fingerprint density at radius 3 is 2.62 bits per heavy atom. The second-order valence-electron chi connectivity index (χ2n) is 6.17. The molecule has 0 saturated heterocycles. The number of rotatable bonds is 5. The van der Waals surface area contributed by atoms with Gasteiger partial charge in [-0.25, -0.2) is 0 Å². The second kappa shape index (κ2) is 8.02. The lowest BCUT2D eigenvalue weighted by Crippen LogP contribution is -2.13. The summed E-state index contributed by atoms with van der Waals surface area (Å²) in [6.45, 7) is 4.60. The molecule has 2 aromatic carbocycles. The zero-order chi connectivity index (χ0) is 18.5. The highest BCUT2D eigenvalue weighted by Gasteiger charge is 2.10. The van der Waals surface area contributed by atoms with Gasteiger partial charge in [-0.2, -0.15) is 0 Å². The lowest BCUT2D eigenvalue weighted by atomic mass is 10.1. The van der Waals surface area contributed by atoms with Gasteiger partial charge in [-0.3, -0.25) is 9.78 Å². The molecule has 0 aliphatic carbocycles. The van der Waals surface area contributed by atoms with Gasteiger partial charge in [-0.05, 0) is 43.2 Å². The molecule has 4 nitrogen and oxygen atoms in total. The van der Waals surface area contributed by atoms with Crippen molar-refractivity contribution >= 4 is 28.9 Å². The summed E-state index contributed by atoms with van der Waals surface area (Å²) >= 11 is 6.10. The fraction of sp³-hybridized carbons (Fsp3) is 0.143. The van der Waals surface area contributed by atoms with E-state index in [0.717, 1.165) is 11.3 Å². The van der Waals surface area contributed by atoms with E-state index in [-0.39, 0.29) is 5.91 Å². The van der Waals surface area contributed by atoms with Crippen LogP contribution in [0, 0.1) is 13.8 Å². The van der Waals surface area contributed by atoms with Gasteiger partial charge in [0, 0.05) is 29.6 Å². The number of aryl methyl sites for hydroxylation is 1. The van der Waals surface area contributed by atoms with E-state index in [4.69, 9.17) is 11.6 Å². The number of hydrogen-bond donors (Lipinski definition) is 2. The molecule has 0 bridgehead atoms. The molecule has 1 heterocycles. The first-order valence-electron chi connectivity index (χ1n) is 8.34. The smallest absolute Gasteiger partial charge is 0.257 e. The zero-order valence-corrected chi connectivity index (χ0v) is 15.5. The number of pyridine rings is 1. The molecule has 0 fully saturated rings. The van der Waals surface area contributed by atoms with Crippen molar-refractivity contribution in [1.82, 2.24) is 4.98 Å². The van der Waals surface area contributed by atoms with Crippen LogP contribution in [0.2, 0.25) is 5.02 Å². The monoisotopic (exact) mass is 365 g/mol. The molecule has 3 aromatic rings. The highest BCUT2D eigenvalue weighted by molar-refractivity contribution is 6.31. The Kier molecular flexibility index (Phi) is 5.54. The molecule has 3 rings (SSSR count). The third kappa shape index (κ3) is 4.41. The number of anilines is 2. The molecule has 0 atom stereocenters. The maximum absolute atomic E-state index is 12.5.